The summed E-state index contributed by atoms with van der Waals surface area (Å²) in [5.74, 6) is -0.707. The zero-order valence-electron chi connectivity index (χ0n) is 7.12. The first-order chi connectivity index (χ1) is 6.20. The summed E-state index contributed by atoms with van der Waals surface area (Å²) in [6, 6.07) is 8.46. The molecule has 1 aromatic carbocycles. The summed E-state index contributed by atoms with van der Waals surface area (Å²) in [5, 5.41) is 0.738. The Kier molecular flexibility index (Phi) is 1.65. The third-order valence-corrected chi connectivity index (χ3v) is 2.09. The standard InChI is InChI=1S/C10H8FNO/c1-12-9-5-3-2-4-7(9)6-8(11)10(12)13/h2-6H,1H3. The monoisotopic (exact) mass is 177 g/mol. The number of aromatic nitrogens is 1. The fraction of sp³-hybridized carbons (Fsp3) is 0.100. The molecular formula is C10H8FNO. The molecule has 3 heteroatoms. The number of nitrogens with zero attached hydrogens (tertiary/aromatic N) is 1. The van der Waals surface area contributed by atoms with Crippen LogP contribution in [0.2, 0.25) is 0 Å². The minimum atomic E-state index is -0.707. The first-order valence-electron chi connectivity index (χ1n) is 3.94. The predicted octanol–water partition coefficient (Wildman–Crippen LogP) is 1.68. The van der Waals surface area contributed by atoms with Crippen LogP contribution in [0.1, 0.15) is 0 Å². The van der Waals surface area contributed by atoms with E-state index in [-0.39, 0.29) is 0 Å². The fourth-order valence-corrected chi connectivity index (χ4v) is 1.38. The smallest absolute Gasteiger partial charge is 0.286 e. The quantitative estimate of drug-likeness (QED) is 0.600. The van der Waals surface area contributed by atoms with Crippen LogP contribution in [0.5, 0.6) is 0 Å². The van der Waals surface area contributed by atoms with Crippen molar-refractivity contribution in [1.82, 2.24) is 4.57 Å². The Hall–Kier alpha value is -1.64. The lowest BCUT2D eigenvalue weighted by molar-refractivity contribution is 0.597. The van der Waals surface area contributed by atoms with Crippen molar-refractivity contribution < 1.29 is 4.39 Å². The number of hydrogen-bond donors (Lipinski definition) is 0. The van der Waals surface area contributed by atoms with Gasteiger partial charge in [-0.05, 0) is 12.1 Å². The number of benzene rings is 1. The summed E-state index contributed by atoms with van der Waals surface area (Å²) in [7, 11) is 1.56. The van der Waals surface area contributed by atoms with Crippen LogP contribution >= 0.6 is 0 Å². The highest BCUT2D eigenvalue weighted by molar-refractivity contribution is 5.78. The van der Waals surface area contributed by atoms with Crippen molar-refractivity contribution in [1.29, 1.82) is 0 Å². The molecule has 0 radical (unpaired) electrons. The van der Waals surface area contributed by atoms with Crippen LogP contribution in [-0.2, 0) is 7.05 Å². The normalized spacial score (nSPS) is 10.6. The van der Waals surface area contributed by atoms with Gasteiger partial charge in [-0.2, -0.15) is 0 Å². The van der Waals surface area contributed by atoms with E-state index in [0.29, 0.717) is 0 Å². The third-order valence-electron chi connectivity index (χ3n) is 2.09. The third kappa shape index (κ3) is 1.13. The molecule has 0 unspecified atom stereocenters. The Morgan fingerprint density at radius 2 is 2.00 bits per heavy atom. The summed E-state index contributed by atoms with van der Waals surface area (Å²) in [6.07, 6.45) is 0. The first-order valence-corrected chi connectivity index (χ1v) is 3.94. The van der Waals surface area contributed by atoms with E-state index in [1.54, 1.807) is 19.2 Å². The maximum Gasteiger partial charge on any atom is 0.286 e. The van der Waals surface area contributed by atoms with Gasteiger partial charge in [-0.15, -0.1) is 0 Å². The van der Waals surface area contributed by atoms with Gasteiger partial charge >= 0.3 is 0 Å². The summed E-state index contributed by atoms with van der Waals surface area (Å²) >= 11 is 0. The summed E-state index contributed by atoms with van der Waals surface area (Å²) in [5.41, 5.74) is 0.160. The van der Waals surface area contributed by atoms with Crippen LogP contribution < -0.4 is 5.56 Å². The molecule has 0 aliphatic carbocycles. The number of pyridine rings is 1. The number of halogens is 1. The van der Waals surface area contributed by atoms with Gasteiger partial charge in [0.2, 0.25) is 0 Å². The van der Waals surface area contributed by atoms with Crippen LogP contribution in [0, 0.1) is 5.82 Å². The van der Waals surface area contributed by atoms with Gasteiger partial charge in [-0.25, -0.2) is 4.39 Å². The van der Waals surface area contributed by atoms with E-state index in [4.69, 9.17) is 0 Å². The molecule has 0 aliphatic rings. The number of fused-ring (bicyclic) bond motifs is 1. The molecule has 0 amide bonds. The number of rotatable bonds is 0. The molecule has 66 valence electrons. The topological polar surface area (TPSA) is 22.0 Å². The molecule has 0 bridgehead atoms. The molecule has 0 spiro atoms. The van der Waals surface area contributed by atoms with Crippen LogP contribution in [0.25, 0.3) is 10.9 Å². The van der Waals surface area contributed by atoms with Gasteiger partial charge in [0.05, 0.1) is 5.52 Å². The van der Waals surface area contributed by atoms with Gasteiger partial charge < -0.3 is 4.57 Å². The molecule has 0 saturated carbocycles. The lowest BCUT2D eigenvalue weighted by atomic mass is 10.2. The van der Waals surface area contributed by atoms with Crippen molar-refractivity contribution in [2.45, 2.75) is 0 Å². The first kappa shape index (κ1) is 7.98. The zero-order chi connectivity index (χ0) is 9.42. The van der Waals surface area contributed by atoms with Gasteiger partial charge in [0.15, 0.2) is 5.82 Å². The molecular weight excluding hydrogens is 169 g/mol. The molecule has 2 nitrogen and oxygen atoms in total. The van der Waals surface area contributed by atoms with Crippen molar-refractivity contribution in [2.75, 3.05) is 0 Å². The second kappa shape index (κ2) is 2.69. The molecule has 13 heavy (non-hydrogen) atoms. The molecule has 2 rings (SSSR count). The maximum absolute atomic E-state index is 13.0. The molecule has 0 saturated heterocycles. The molecule has 1 heterocycles. The Labute approximate surface area is 74.2 Å². The van der Waals surface area contributed by atoms with Crippen LogP contribution in [0.4, 0.5) is 4.39 Å². The van der Waals surface area contributed by atoms with Crippen molar-refractivity contribution in [3.63, 3.8) is 0 Å². The average Bonchev–Trinajstić information content (AvgIpc) is 2.15. The largest absolute Gasteiger partial charge is 0.309 e. The molecule has 0 N–H and O–H groups in total. The van der Waals surface area contributed by atoms with Crippen molar-refractivity contribution in [3.8, 4) is 0 Å². The van der Waals surface area contributed by atoms with Gasteiger partial charge in [-0.1, -0.05) is 18.2 Å². The van der Waals surface area contributed by atoms with Gasteiger partial charge in [0, 0.05) is 12.4 Å². The molecule has 0 aliphatic heterocycles. The Morgan fingerprint density at radius 3 is 2.77 bits per heavy atom. The van der Waals surface area contributed by atoms with Gasteiger partial charge in [0.25, 0.3) is 5.56 Å². The summed E-state index contributed by atoms with van der Waals surface area (Å²) in [6.45, 7) is 0. The zero-order valence-corrected chi connectivity index (χ0v) is 7.12. The van der Waals surface area contributed by atoms with Gasteiger partial charge in [-0.3, -0.25) is 4.79 Å². The highest BCUT2D eigenvalue weighted by Gasteiger charge is 2.03. The molecule has 1 aromatic heterocycles. The number of para-hydroxylation sites is 1. The Morgan fingerprint density at radius 1 is 1.31 bits per heavy atom. The molecule has 0 atom stereocenters. The van der Waals surface area contributed by atoms with Crippen LogP contribution in [-0.4, -0.2) is 4.57 Å². The predicted molar refractivity (Wildman–Crippen MR) is 49.1 cm³/mol. The Bertz CT molecular complexity index is 516. The second-order valence-electron chi connectivity index (χ2n) is 2.92. The Balaban J connectivity index is 3.02. The SMILES string of the molecule is Cn1c(=O)c(F)cc2ccccc21. The van der Waals surface area contributed by atoms with E-state index in [0.717, 1.165) is 10.9 Å². The van der Waals surface area contributed by atoms with Gasteiger partial charge in [0.1, 0.15) is 0 Å². The van der Waals surface area contributed by atoms with Crippen LogP contribution in [0.15, 0.2) is 35.1 Å². The van der Waals surface area contributed by atoms with E-state index in [9.17, 15) is 9.18 Å². The van der Waals surface area contributed by atoms with Crippen LogP contribution in [0.3, 0.4) is 0 Å². The average molecular weight is 177 g/mol. The number of hydrogen-bond acceptors (Lipinski definition) is 1. The highest BCUT2D eigenvalue weighted by Crippen LogP contribution is 2.10. The maximum atomic E-state index is 13.0. The van der Waals surface area contributed by atoms with Crippen molar-refractivity contribution in [2.24, 2.45) is 7.05 Å². The van der Waals surface area contributed by atoms with E-state index in [1.165, 1.54) is 10.6 Å². The molecule has 0 fully saturated rings. The lowest BCUT2D eigenvalue weighted by Crippen LogP contribution is -2.19. The molecule has 2 aromatic rings. The van der Waals surface area contributed by atoms with E-state index in [1.807, 2.05) is 12.1 Å². The minimum absolute atomic E-state index is 0.585. The lowest BCUT2D eigenvalue weighted by Gasteiger charge is -2.03. The van der Waals surface area contributed by atoms with Crippen molar-refractivity contribution in [3.05, 3.63) is 46.5 Å². The van der Waals surface area contributed by atoms with E-state index < -0.39 is 11.4 Å². The summed E-state index contributed by atoms with van der Waals surface area (Å²) in [4.78, 5) is 11.2. The minimum Gasteiger partial charge on any atom is -0.309 e. The van der Waals surface area contributed by atoms with E-state index >= 15 is 0 Å². The van der Waals surface area contributed by atoms with Crippen molar-refractivity contribution >= 4 is 10.9 Å². The highest BCUT2D eigenvalue weighted by atomic mass is 19.1. The second-order valence-corrected chi connectivity index (χ2v) is 2.92. The number of aryl methyl sites for hydroxylation is 1. The van der Waals surface area contributed by atoms with E-state index in [2.05, 4.69) is 0 Å². The summed E-state index contributed by atoms with van der Waals surface area (Å²) < 4.78 is 14.3. The fourth-order valence-electron chi connectivity index (χ4n) is 1.38.